The number of hydrogen-bond donors (Lipinski definition) is 2. The van der Waals surface area contributed by atoms with Crippen LogP contribution in [0.1, 0.15) is 18.5 Å². The molecule has 82 valence electrons. The summed E-state index contributed by atoms with van der Waals surface area (Å²) >= 11 is 0. The van der Waals surface area contributed by atoms with Gasteiger partial charge in [-0.2, -0.15) is 0 Å². The summed E-state index contributed by atoms with van der Waals surface area (Å²) in [5.41, 5.74) is 1.28. The Morgan fingerprint density at radius 3 is 2.67 bits per heavy atom. The minimum Gasteiger partial charge on any atom is -0.355 e. The van der Waals surface area contributed by atoms with Crippen LogP contribution in [0.4, 0.5) is 0 Å². The largest absolute Gasteiger partial charge is 0.355 e. The molecule has 0 amide bonds. The van der Waals surface area contributed by atoms with Crippen molar-refractivity contribution in [2.24, 2.45) is 4.99 Å². The molecule has 0 spiro atoms. The second kappa shape index (κ2) is 5.95. The fourth-order valence-electron chi connectivity index (χ4n) is 1.52. The summed E-state index contributed by atoms with van der Waals surface area (Å²) in [7, 11) is 0. The molecule has 2 rings (SSSR count). The monoisotopic (exact) mass is 317 g/mol. The smallest absolute Gasteiger partial charge is 0.191 e. The number of hydrogen-bond acceptors (Lipinski definition) is 3. The Morgan fingerprint density at radius 2 is 2.07 bits per heavy atom. The first kappa shape index (κ1) is 12.3. The molecule has 4 heteroatoms. The van der Waals surface area contributed by atoms with Crippen LogP contribution >= 0.6 is 24.0 Å². The summed E-state index contributed by atoms with van der Waals surface area (Å²) < 4.78 is 0. The van der Waals surface area contributed by atoms with Gasteiger partial charge in [0.1, 0.15) is 0 Å². The van der Waals surface area contributed by atoms with Crippen LogP contribution in [-0.4, -0.2) is 19.0 Å². The first-order valence-corrected chi connectivity index (χ1v) is 4.96. The quantitative estimate of drug-likeness (QED) is 0.818. The van der Waals surface area contributed by atoms with E-state index in [4.69, 9.17) is 0 Å². The summed E-state index contributed by atoms with van der Waals surface area (Å²) in [5.74, 6) is 0.918. The van der Waals surface area contributed by atoms with Crippen molar-refractivity contribution < 1.29 is 0 Å². The molecule has 0 aromatic heterocycles. The molecule has 1 aliphatic rings. The number of benzene rings is 1. The van der Waals surface area contributed by atoms with E-state index in [1.807, 2.05) is 6.07 Å². The van der Waals surface area contributed by atoms with Gasteiger partial charge < -0.3 is 10.6 Å². The summed E-state index contributed by atoms with van der Waals surface area (Å²) in [5, 5.41) is 6.53. The molecule has 1 heterocycles. The molecule has 2 N–H and O–H groups in total. The number of halogens is 1. The van der Waals surface area contributed by atoms with Crippen LogP contribution in [0.3, 0.4) is 0 Å². The van der Waals surface area contributed by atoms with E-state index >= 15 is 0 Å². The van der Waals surface area contributed by atoms with Gasteiger partial charge in [0.25, 0.3) is 0 Å². The van der Waals surface area contributed by atoms with E-state index in [1.54, 1.807) is 0 Å². The van der Waals surface area contributed by atoms with Crippen molar-refractivity contribution in [2.45, 2.75) is 13.0 Å². The molecule has 0 fully saturated rings. The third-order valence-electron chi connectivity index (χ3n) is 2.33. The van der Waals surface area contributed by atoms with Crippen molar-refractivity contribution in [3.63, 3.8) is 0 Å². The zero-order valence-corrected chi connectivity index (χ0v) is 11.1. The van der Waals surface area contributed by atoms with E-state index in [0.717, 1.165) is 19.0 Å². The van der Waals surface area contributed by atoms with Crippen LogP contribution in [0.25, 0.3) is 0 Å². The minimum absolute atomic E-state index is 0. The molecule has 0 saturated carbocycles. The van der Waals surface area contributed by atoms with Crippen LogP contribution in [0.2, 0.25) is 0 Å². The van der Waals surface area contributed by atoms with E-state index < -0.39 is 0 Å². The van der Waals surface area contributed by atoms with Gasteiger partial charge in [0.15, 0.2) is 5.96 Å². The second-order valence-corrected chi connectivity index (χ2v) is 3.43. The van der Waals surface area contributed by atoms with Crippen LogP contribution in [0.15, 0.2) is 35.3 Å². The summed E-state index contributed by atoms with van der Waals surface area (Å²) in [6.07, 6.45) is 0. The molecule has 0 bridgehead atoms. The van der Waals surface area contributed by atoms with Crippen LogP contribution < -0.4 is 10.6 Å². The van der Waals surface area contributed by atoms with Gasteiger partial charge >= 0.3 is 0 Å². The number of rotatable bonds is 2. The zero-order valence-electron chi connectivity index (χ0n) is 8.73. The van der Waals surface area contributed by atoms with Crippen LogP contribution in [0.5, 0.6) is 0 Å². The van der Waals surface area contributed by atoms with Crippen molar-refractivity contribution in [2.75, 3.05) is 13.1 Å². The van der Waals surface area contributed by atoms with Crippen molar-refractivity contribution >= 4 is 29.9 Å². The maximum atomic E-state index is 4.30. The SMILES string of the molecule is C[C@@H](NC1=NCCN1)c1ccccc1.I. The van der Waals surface area contributed by atoms with Crippen molar-refractivity contribution in [3.8, 4) is 0 Å². The Labute approximate surface area is 107 Å². The lowest BCUT2D eigenvalue weighted by molar-refractivity contribution is 0.702. The van der Waals surface area contributed by atoms with E-state index in [1.165, 1.54) is 5.56 Å². The van der Waals surface area contributed by atoms with Crippen LogP contribution in [0, 0.1) is 0 Å². The average molecular weight is 317 g/mol. The third kappa shape index (κ3) is 3.37. The Balaban J connectivity index is 0.00000112. The van der Waals surface area contributed by atoms with Gasteiger partial charge in [-0.15, -0.1) is 24.0 Å². The number of guanidine groups is 1. The molecule has 15 heavy (non-hydrogen) atoms. The van der Waals surface area contributed by atoms with E-state index in [0.29, 0.717) is 6.04 Å². The highest BCUT2D eigenvalue weighted by atomic mass is 127. The molecular weight excluding hydrogens is 301 g/mol. The number of nitrogens with one attached hydrogen (secondary N) is 2. The Kier molecular flexibility index (Phi) is 4.87. The van der Waals surface area contributed by atoms with Gasteiger partial charge in [-0.05, 0) is 12.5 Å². The van der Waals surface area contributed by atoms with Gasteiger partial charge in [-0.3, -0.25) is 4.99 Å². The molecule has 0 aliphatic carbocycles. The first-order chi connectivity index (χ1) is 6.86. The highest BCUT2D eigenvalue weighted by Gasteiger charge is 2.09. The fourth-order valence-corrected chi connectivity index (χ4v) is 1.52. The topological polar surface area (TPSA) is 36.4 Å². The van der Waals surface area contributed by atoms with Crippen molar-refractivity contribution in [1.29, 1.82) is 0 Å². The highest BCUT2D eigenvalue weighted by Crippen LogP contribution is 2.10. The molecule has 3 nitrogen and oxygen atoms in total. The van der Waals surface area contributed by atoms with Gasteiger partial charge in [-0.1, -0.05) is 30.3 Å². The van der Waals surface area contributed by atoms with Crippen molar-refractivity contribution in [3.05, 3.63) is 35.9 Å². The van der Waals surface area contributed by atoms with Gasteiger partial charge in [0, 0.05) is 6.54 Å². The highest BCUT2D eigenvalue weighted by molar-refractivity contribution is 14.0. The molecule has 1 aromatic rings. The number of aliphatic imine (C=N–C) groups is 1. The second-order valence-electron chi connectivity index (χ2n) is 3.43. The predicted octanol–water partition coefficient (Wildman–Crippen LogP) is 1.91. The maximum Gasteiger partial charge on any atom is 0.191 e. The van der Waals surface area contributed by atoms with Crippen molar-refractivity contribution in [1.82, 2.24) is 10.6 Å². The van der Waals surface area contributed by atoms with Gasteiger partial charge in [-0.25, -0.2) is 0 Å². The third-order valence-corrected chi connectivity index (χ3v) is 2.33. The average Bonchev–Trinajstić information content (AvgIpc) is 2.72. The molecular formula is C11H16IN3. The first-order valence-electron chi connectivity index (χ1n) is 4.96. The molecule has 1 atom stereocenters. The van der Waals surface area contributed by atoms with Gasteiger partial charge in [0.2, 0.25) is 0 Å². The van der Waals surface area contributed by atoms with Crippen LogP contribution in [-0.2, 0) is 0 Å². The normalized spacial score (nSPS) is 15.9. The zero-order chi connectivity index (χ0) is 9.80. The Bertz CT molecular complexity index is 324. The Hall–Kier alpha value is -0.780. The summed E-state index contributed by atoms with van der Waals surface area (Å²) in [4.78, 5) is 4.30. The number of nitrogens with zero attached hydrogens (tertiary/aromatic N) is 1. The van der Waals surface area contributed by atoms with E-state index in [2.05, 4.69) is 46.8 Å². The standard InChI is InChI=1S/C11H15N3.HI/c1-9(10-5-3-2-4-6-10)14-11-12-7-8-13-11;/h2-6,9H,7-8H2,1H3,(H2,12,13,14);1H/t9-;/m1./s1. The fraction of sp³-hybridized carbons (Fsp3) is 0.364. The lowest BCUT2D eigenvalue weighted by atomic mass is 10.1. The molecule has 1 aliphatic heterocycles. The summed E-state index contributed by atoms with van der Waals surface area (Å²) in [6, 6.07) is 10.7. The predicted molar refractivity (Wildman–Crippen MR) is 73.7 cm³/mol. The van der Waals surface area contributed by atoms with Gasteiger partial charge in [0.05, 0.1) is 12.6 Å². The molecule has 0 radical (unpaired) electrons. The lowest BCUT2D eigenvalue weighted by Gasteiger charge is -2.15. The maximum absolute atomic E-state index is 4.30. The lowest BCUT2D eigenvalue weighted by Crippen LogP contribution is -2.35. The molecule has 1 aromatic carbocycles. The minimum atomic E-state index is 0. The van der Waals surface area contributed by atoms with E-state index in [-0.39, 0.29) is 24.0 Å². The van der Waals surface area contributed by atoms with E-state index in [9.17, 15) is 0 Å². The molecule has 0 saturated heterocycles. The Morgan fingerprint density at radius 1 is 1.33 bits per heavy atom. The summed E-state index contributed by atoms with van der Waals surface area (Å²) in [6.45, 7) is 3.96. The molecule has 0 unspecified atom stereocenters.